The number of fused-ring (bicyclic) bond motifs is 1. The van der Waals surface area contributed by atoms with Crippen molar-refractivity contribution in [1.82, 2.24) is 0 Å². The van der Waals surface area contributed by atoms with Crippen LogP contribution in [0.25, 0.3) is 0 Å². The Balaban J connectivity index is 2.53. The molecule has 4 nitrogen and oxygen atoms in total. The van der Waals surface area contributed by atoms with Gasteiger partial charge in [-0.05, 0) is 30.4 Å². The van der Waals surface area contributed by atoms with Gasteiger partial charge in [-0.2, -0.15) is 0 Å². The first-order chi connectivity index (χ1) is 8.12. The summed E-state index contributed by atoms with van der Waals surface area (Å²) in [5.74, 6) is -1.20. The number of aryl methyl sites for hydroxylation is 1. The fourth-order valence-corrected chi connectivity index (χ4v) is 2.80. The van der Waals surface area contributed by atoms with Crippen molar-refractivity contribution in [2.45, 2.75) is 30.8 Å². The van der Waals surface area contributed by atoms with Crippen molar-refractivity contribution in [3.05, 3.63) is 35.4 Å². The number of rotatable bonds is 3. The third kappa shape index (κ3) is 1.83. The minimum absolute atomic E-state index is 0.150. The van der Waals surface area contributed by atoms with Gasteiger partial charge in [-0.15, -0.1) is 0 Å². The molecule has 1 aliphatic rings. The number of hydrogen-bond donors (Lipinski definition) is 3. The van der Waals surface area contributed by atoms with Gasteiger partial charge in [-0.3, -0.25) is 0 Å². The Kier molecular flexibility index (Phi) is 3.17. The molecule has 2 unspecified atom stereocenters. The smallest absolute Gasteiger partial charge is 0.333 e. The molecule has 0 aromatic heterocycles. The van der Waals surface area contributed by atoms with E-state index < -0.39 is 17.5 Å². The van der Waals surface area contributed by atoms with Crippen LogP contribution in [0.5, 0.6) is 0 Å². The molecule has 0 saturated carbocycles. The molecule has 0 heterocycles. The summed E-state index contributed by atoms with van der Waals surface area (Å²) in [5.41, 5.74) is 6.93. The summed E-state index contributed by atoms with van der Waals surface area (Å²) < 4.78 is 0. The standard InChI is InChI=1S/C13H17NO3/c14-8-13(11(15)12(16)17)7-3-5-9-4-1-2-6-10(9)13/h1-2,4,6,11,15H,3,5,7-8,14H2,(H,16,17). The molecular weight excluding hydrogens is 218 g/mol. The van der Waals surface area contributed by atoms with Crippen molar-refractivity contribution < 1.29 is 15.0 Å². The van der Waals surface area contributed by atoms with Crippen molar-refractivity contribution in [3.8, 4) is 0 Å². The lowest BCUT2D eigenvalue weighted by atomic mass is 9.66. The van der Waals surface area contributed by atoms with Gasteiger partial charge in [-0.25, -0.2) is 4.79 Å². The molecule has 4 N–H and O–H groups in total. The fraction of sp³-hybridized carbons (Fsp3) is 0.462. The first-order valence-electron chi connectivity index (χ1n) is 5.81. The van der Waals surface area contributed by atoms with Crippen molar-refractivity contribution in [1.29, 1.82) is 0 Å². The Bertz CT molecular complexity index is 432. The van der Waals surface area contributed by atoms with Crippen LogP contribution in [-0.2, 0) is 16.6 Å². The second kappa shape index (κ2) is 4.47. The van der Waals surface area contributed by atoms with E-state index in [4.69, 9.17) is 10.8 Å². The van der Waals surface area contributed by atoms with Crippen LogP contribution in [0.15, 0.2) is 24.3 Å². The number of hydrogen-bond acceptors (Lipinski definition) is 3. The lowest BCUT2D eigenvalue weighted by Crippen LogP contribution is -2.51. The first kappa shape index (κ1) is 12.1. The molecule has 1 aliphatic carbocycles. The molecule has 0 spiro atoms. The van der Waals surface area contributed by atoms with Crippen LogP contribution < -0.4 is 5.73 Å². The Morgan fingerprint density at radius 1 is 1.47 bits per heavy atom. The van der Waals surface area contributed by atoms with Crippen LogP contribution in [0, 0.1) is 0 Å². The molecule has 0 amide bonds. The van der Waals surface area contributed by atoms with Gasteiger partial charge in [-0.1, -0.05) is 24.3 Å². The molecule has 0 aliphatic heterocycles. The molecular formula is C13H17NO3. The third-order valence-corrected chi connectivity index (χ3v) is 3.74. The second-order valence-corrected chi connectivity index (χ2v) is 4.61. The molecule has 0 saturated heterocycles. The van der Waals surface area contributed by atoms with Crippen LogP contribution in [0.1, 0.15) is 24.0 Å². The monoisotopic (exact) mass is 235 g/mol. The van der Waals surface area contributed by atoms with Crippen LogP contribution in [0.4, 0.5) is 0 Å². The average molecular weight is 235 g/mol. The van der Waals surface area contributed by atoms with Gasteiger partial charge in [0.1, 0.15) is 0 Å². The van der Waals surface area contributed by atoms with E-state index in [9.17, 15) is 9.90 Å². The van der Waals surface area contributed by atoms with Gasteiger partial charge < -0.3 is 15.9 Å². The number of carboxylic acid groups (broad SMARTS) is 1. The van der Waals surface area contributed by atoms with Gasteiger partial charge >= 0.3 is 5.97 Å². The summed E-state index contributed by atoms with van der Waals surface area (Å²) in [4.78, 5) is 11.1. The molecule has 1 aromatic rings. The molecule has 0 fully saturated rings. The van der Waals surface area contributed by atoms with Crippen LogP contribution >= 0.6 is 0 Å². The topological polar surface area (TPSA) is 83.5 Å². The van der Waals surface area contributed by atoms with E-state index in [1.165, 1.54) is 0 Å². The van der Waals surface area contributed by atoms with E-state index in [1.54, 1.807) is 0 Å². The normalized spacial score (nSPS) is 25.1. The zero-order chi connectivity index (χ0) is 12.5. The van der Waals surface area contributed by atoms with E-state index in [0.717, 1.165) is 24.0 Å². The van der Waals surface area contributed by atoms with Gasteiger partial charge in [0.15, 0.2) is 6.10 Å². The Hall–Kier alpha value is -1.39. The van der Waals surface area contributed by atoms with Crippen LogP contribution in [0.3, 0.4) is 0 Å². The van der Waals surface area contributed by atoms with Gasteiger partial charge in [0.2, 0.25) is 0 Å². The maximum absolute atomic E-state index is 11.1. The fourth-order valence-electron chi connectivity index (χ4n) is 2.80. The Morgan fingerprint density at radius 3 is 2.82 bits per heavy atom. The highest BCUT2D eigenvalue weighted by Crippen LogP contribution is 2.39. The maximum Gasteiger partial charge on any atom is 0.333 e. The zero-order valence-corrected chi connectivity index (χ0v) is 9.60. The summed E-state index contributed by atoms with van der Waals surface area (Å²) in [7, 11) is 0. The molecule has 2 rings (SSSR count). The summed E-state index contributed by atoms with van der Waals surface area (Å²) in [6, 6.07) is 7.66. The number of carbonyl (C=O) groups is 1. The molecule has 17 heavy (non-hydrogen) atoms. The van der Waals surface area contributed by atoms with Gasteiger partial charge in [0.25, 0.3) is 0 Å². The van der Waals surface area contributed by atoms with Gasteiger partial charge in [0.05, 0.1) is 0 Å². The highest BCUT2D eigenvalue weighted by Gasteiger charge is 2.45. The first-order valence-corrected chi connectivity index (χ1v) is 5.81. The molecule has 92 valence electrons. The largest absolute Gasteiger partial charge is 0.479 e. The van der Waals surface area contributed by atoms with Crippen molar-refractivity contribution in [3.63, 3.8) is 0 Å². The molecule has 1 aromatic carbocycles. The van der Waals surface area contributed by atoms with E-state index >= 15 is 0 Å². The van der Waals surface area contributed by atoms with Crippen molar-refractivity contribution in [2.24, 2.45) is 5.73 Å². The predicted molar refractivity (Wildman–Crippen MR) is 63.8 cm³/mol. The second-order valence-electron chi connectivity index (χ2n) is 4.61. The minimum Gasteiger partial charge on any atom is -0.479 e. The Labute approximate surface area is 100 Å². The van der Waals surface area contributed by atoms with Crippen molar-refractivity contribution >= 4 is 5.97 Å². The summed E-state index contributed by atoms with van der Waals surface area (Å²) in [6.45, 7) is 0.150. The van der Waals surface area contributed by atoms with Crippen molar-refractivity contribution in [2.75, 3.05) is 6.54 Å². The Morgan fingerprint density at radius 2 is 2.18 bits per heavy atom. The lowest BCUT2D eigenvalue weighted by molar-refractivity contribution is -0.151. The molecule has 0 radical (unpaired) electrons. The average Bonchev–Trinajstić information content (AvgIpc) is 2.37. The third-order valence-electron chi connectivity index (χ3n) is 3.74. The number of aliphatic hydroxyl groups excluding tert-OH is 1. The number of carboxylic acids is 1. The highest BCUT2D eigenvalue weighted by atomic mass is 16.4. The molecule has 4 heteroatoms. The summed E-state index contributed by atoms with van der Waals surface area (Å²) in [5, 5.41) is 19.0. The van der Waals surface area contributed by atoms with E-state index in [-0.39, 0.29) is 6.54 Å². The molecule has 0 bridgehead atoms. The maximum atomic E-state index is 11.1. The highest BCUT2D eigenvalue weighted by molar-refractivity contribution is 5.75. The zero-order valence-electron chi connectivity index (χ0n) is 9.60. The van der Waals surface area contributed by atoms with E-state index in [1.807, 2.05) is 24.3 Å². The number of aliphatic hydroxyl groups is 1. The minimum atomic E-state index is -1.44. The number of benzene rings is 1. The summed E-state index contributed by atoms with van der Waals surface area (Å²) in [6.07, 6.45) is 0.963. The molecule has 2 atom stereocenters. The predicted octanol–water partition coefficient (Wildman–Crippen LogP) is 0.665. The van der Waals surface area contributed by atoms with E-state index in [0.29, 0.717) is 6.42 Å². The van der Waals surface area contributed by atoms with Crippen LogP contribution in [0.2, 0.25) is 0 Å². The number of nitrogens with two attached hydrogens (primary N) is 1. The van der Waals surface area contributed by atoms with Crippen LogP contribution in [-0.4, -0.2) is 28.8 Å². The number of aliphatic carboxylic acids is 1. The van der Waals surface area contributed by atoms with E-state index in [2.05, 4.69) is 0 Å². The SMILES string of the molecule is NCC1(C(O)C(=O)O)CCCc2ccccc21. The quantitative estimate of drug-likeness (QED) is 0.719. The van der Waals surface area contributed by atoms with Gasteiger partial charge in [0, 0.05) is 12.0 Å². The lowest BCUT2D eigenvalue weighted by Gasteiger charge is -2.40. The summed E-state index contributed by atoms with van der Waals surface area (Å²) >= 11 is 0.